The molecule has 13 rings (SSSR count). The Bertz CT molecular complexity index is 3590. The maximum atomic E-state index is 14.9. The molecule has 6 fully saturated rings. The first-order valence-corrected chi connectivity index (χ1v) is 32.2. The van der Waals surface area contributed by atoms with Crippen molar-refractivity contribution >= 4 is 61.2 Å². The molecule has 22 heteroatoms. The first kappa shape index (κ1) is 58.0. The molecule has 21 nitrogen and oxygen atoms in total. The SMILES string of the molecule is COc1cc(CN2CCN(C3CC4(CCN(c5ccc(C(=O)NS(=O)(=O)c6ccc(NC[C@H]7CC[C@](C)(O)CC7)c([N+](=O)[O-])c6)c(N6C[C@H]7COCC[C@@H]7Oc7nc8[nH]ccc8cc76)c5)CC4)C3)[C@H](c3ccccc3C)C2)cnc1N1CCOCC1. The average molecular weight is 1190 g/mol. The Morgan fingerprint density at radius 3 is 2.48 bits per heavy atom. The van der Waals surface area contributed by atoms with Crippen molar-refractivity contribution in [2.24, 2.45) is 17.3 Å². The topological polar surface area (TPSA) is 233 Å². The average Bonchev–Trinajstić information content (AvgIpc) is 1.44. The summed E-state index contributed by atoms with van der Waals surface area (Å²) in [6.07, 6.45) is 11.3. The number of piperazine rings is 1. The third-order valence-corrected chi connectivity index (χ3v) is 21.0. The van der Waals surface area contributed by atoms with Gasteiger partial charge < -0.3 is 49.1 Å². The van der Waals surface area contributed by atoms with Crippen molar-refractivity contribution in [3.63, 3.8) is 0 Å². The summed E-state index contributed by atoms with van der Waals surface area (Å²) in [5, 5.41) is 26.9. The van der Waals surface area contributed by atoms with Crippen LogP contribution in [0.5, 0.6) is 11.6 Å². The molecule has 2 saturated carbocycles. The number of carbonyl (C=O) groups is 1. The van der Waals surface area contributed by atoms with Crippen LogP contribution in [0.15, 0.2) is 96.2 Å². The zero-order chi connectivity index (χ0) is 59.3. The molecule has 7 aliphatic rings. The maximum absolute atomic E-state index is 14.9. The van der Waals surface area contributed by atoms with E-state index in [1.165, 1.54) is 23.3 Å². The Labute approximate surface area is 502 Å². The molecule has 86 heavy (non-hydrogen) atoms. The number of pyridine rings is 2. The van der Waals surface area contributed by atoms with E-state index in [2.05, 4.69) is 71.9 Å². The van der Waals surface area contributed by atoms with Crippen LogP contribution in [0.2, 0.25) is 0 Å². The number of morpholine rings is 1. The number of nitro groups is 1. The molecule has 456 valence electrons. The lowest BCUT2D eigenvalue weighted by Gasteiger charge is -2.58. The van der Waals surface area contributed by atoms with Crippen LogP contribution in [-0.2, 0) is 26.0 Å². The highest BCUT2D eigenvalue weighted by Crippen LogP contribution is 2.54. The molecule has 0 unspecified atom stereocenters. The number of fused-ring (bicyclic) bond motifs is 3. The van der Waals surface area contributed by atoms with Crippen LogP contribution in [0.3, 0.4) is 0 Å². The fraction of sp³-hybridized carbons (Fsp3) is 0.516. The number of benzene rings is 3. The normalized spacial score (nSPS) is 24.7. The van der Waals surface area contributed by atoms with Gasteiger partial charge in [-0.2, -0.15) is 4.98 Å². The number of methoxy groups -OCH3 is 1. The van der Waals surface area contributed by atoms with Crippen molar-refractivity contribution in [2.75, 3.05) is 112 Å². The molecule has 4 N–H and O–H groups in total. The summed E-state index contributed by atoms with van der Waals surface area (Å²) in [5.41, 5.74) is 5.81. The number of ether oxygens (including phenoxy) is 4. The number of amides is 1. The van der Waals surface area contributed by atoms with Crippen molar-refractivity contribution in [3.05, 3.63) is 124 Å². The number of hydrogen-bond acceptors (Lipinski definition) is 18. The van der Waals surface area contributed by atoms with E-state index in [0.717, 1.165) is 125 Å². The summed E-state index contributed by atoms with van der Waals surface area (Å²) < 4.78 is 55.2. The molecule has 2 aliphatic carbocycles. The Morgan fingerprint density at radius 1 is 0.895 bits per heavy atom. The van der Waals surface area contributed by atoms with Gasteiger partial charge in [0.15, 0.2) is 11.6 Å². The summed E-state index contributed by atoms with van der Waals surface area (Å²) in [6.45, 7) is 14.0. The predicted octanol–water partition coefficient (Wildman–Crippen LogP) is 8.74. The van der Waals surface area contributed by atoms with Gasteiger partial charge in [0.1, 0.15) is 23.1 Å². The highest BCUT2D eigenvalue weighted by atomic mass is 32.2. The van der Waals surface area contributed by atoms with Gasteiger partial charge in [-0.05, 0) is 142 Å². The molecule has 1 amide bonds. The second kappa shape index (κ2) is 23.9. The third kappa shape index (κ3) is 11.9. The molecule has 3 atom stereocenters. The number of rotatable bonds is 15. The first-order chi connectivity index (χ1) is 41.6. The second-order valence-electron chi connectivity index (χ2n) is 25.4. The van der Waals surface area contributed by atoms with E-state index in [9.17, 15) is 28.4 Å². The molecule has 6 aromatic rings. The predicted molar refractivity (Wildman–Crippen MR) is 328 cm³/mol. The Hall–Kier alpha value is -7.08. The van der Waals surface area contributed by atoms with Gasteiger partial charge in [0.05, 0.1) is 60.2 Å². The number of hydrogen-bond donors (Lipinski definition) is 4. The molecule has 3 aromatic heterocycles. The van der Waals surface area contributed by atoms with E-state index in [1.54, 1.807) is 13.2 Å². The van der Waals surface area contributed by atoms with E-state index in [-0.39, 0.29) is 40.6 Å². The van der Waals surface area contributed by atoms with Crippen LogP contribution in [-0.4, -0.2) is 159 Å². The van der Waals surface area contributed by atoms with E-state index in [4.69, 9.17) is 28.9 Å². The number of nitro benzene ring substituents is 1. The number of nitrogens with one attached hydrogen (secondary N) is 3. The zero-order valence-electron chi connectivity index (χ0n) is 49.4. The fourth-order valence-corrected chi connectivity index (χ4v) is 15.6. The van der Waals surface area contributed by atoms with Crippen LogP contribution < -0.4 is 34.2 Å². The summed E-state index contributed by atoms with van der Waals surface area (Å²) in [7, 11) is -2.92. The number of aromatic nitrogens is 3. The number of sulfonamides is 1. The van der Waals surface area contributed by atoms with Crippen molar-refractivity contribution in [1.82, 2.24) is 29.5 Å². The van der Waals surface area contributed by atoms with Crippen molar-refractivity contribution < 1.29 is 42.2 Å². The highest BCUT2D eigenvalue weighted by Gasteiger charge is 2.50. The molecule has 0 bridgehead atoms. The number of H-pyrrole nitrogens is 1. The van der Waals surface area contributed by atoms with Crippen LogP contribution in [0.4, 0.5) is 34.3 Å². The van der Waals surface area contributed by atoms with Crippen molar-refractivity contribution in [1.29, 1.82) is 0 Å². The third-order valence-electron chi connectivity index (χ3n) is 19.7. The number of nitrogens with zero attached hydrogens (tertiary/aromatic N) is 8. The summed E-state index contributed by atoms with van der Waals surface area (Å²) in [5.74, 6) is 1.25. The molecule has 8 heterocycles. The van der Waals surface area contributed by atoms with Gasteiger partial charge in [0.25, 0.3) is 21.6 Å². The lowest BCUT2D eigenvalue weighted by atomic mass is 9.59. The minimum absolute atomic E-state index is 0.101. The van der Waals surface area contributed by atoms with Gasteiger partial charge in [0, 0.05) is 119 Å². The van der Waals surface area contributed by atoms with Crippen LogP contribution >= 0.6 is 0 Å². The zero-order valence-corrected chi connectivity index (χ0v) is 50.2. The van der Waals surface area contributed by atoms with Gasteiger partial charge in [-0.3, -0.25) is 24.7 Å². The maximum Gasteiger partial charge on any atom is 0.293 e. The summed E-state index contributed by atoms with van der Waals surface area (Å²) in [4.78, 5) is 51.4. The Morgan fingerprint density at radius 2 is 1.70 bits per heavy atom. The van der Waals surface area contributed by atoms with Gasteiger partial charge in [-0.15, -0.1) is 0 Å². The molecule has 0 radical (unpaired) electrons. The fourth-order valence-electron chi connectivity index (χ4n) is 14.6. The Kier molecular flexibility index (Phi) is 16.1. The quantitative estimate of drug-likeness (QED) is 0.0556. The Balaban J connectivity index is 0.738. The molecule has 1 spiro atoms. The number of carbonyl (C=O) groups excluding carboxylic acids is 1. The minimum atomic E-state index is -4.65. The van der Waals surface area contributed by atoms with E-state index in [1.807, 2.05) is 48.5 Å². The number of aliphatic hydroxyl groups is 1. The number of piperidine rings is 1. The standard InChI is InChI=1S/C64H79N11O10S/c1-42-6-4-5-7-50(42)56-40-70(38-44-30-58(82-3)60(67-37-44)72-25-28-83-29-26-72)23-24-73(56)48-34-64(35-48)18-21-71(22-19-64)47-8-10-51(53(32-47)74-39-46-41-84-27-15-57(46)85-62-55(74)31-45-14-20-65-59(45)68-62)61(76)69-86(80,81)49-9-11-52(54(33-49)75(78)79)66-36-43-12-16-63(2,77)17-13-43/h4-11,14,20,30-33,37,43,46,48,56-57,66,77H,12-13,15-19,21-29,34-36,38-41H2,1-3H3,(H,65,68)(H,69,76)/t43-,46-,56-,57-,63-/m0/s1. The second-order valence-corrected chi connectivity index (χ2v) is 27.1. The van der Waals surface area contributed by atoms with Crippen LogP contribution in [0.25, 0.3) is 11.0 Å². The molecular formula is C64H79N11O10S. The van der Waals surface area contributed by atoms with Gasteiger partial charge >= 0.3 is 0 Å². The monoisotopic (exact) mass is 1190 g/mol. The lowest BCUT2D eigenvalue weighted by molar-refractivity contribution is -0.384. The molecule has 3 aromatic carbocycles. The van der Waals surface area contributed by atoms with Crippen LogP contribution in [0, 0.1) is 34.3 Å². The van der Waals surface area contributed by atoms with Crippen molar-refractivity contribution in [3.8, 4) is 11.6 Å². The first-order valence-electron chi connectivity index (χ1n) is 30.7. The smallest absolute Gasteiger partial charge is 0.293 e. The molecule has 5 aliphatic heterocycles. The van der Waals surface area contributed by atoms with Gasteiger partial charge in [0.2, 0.25) is 5.88 Å². The highest BCUT2D eigenvalue weighted by molar-refractivity contribution is 7.90. The molecule has 4 saturated heterocycles. The van der Waals surface area contributed by atoms with E-state index in [0.29, 0.717) is 87.7 Å². The number of anilines is 5. The molecular weight excluding hydrogens is 1110 g/mol. The summed E-state index contributed by atoms with van der Waals surface area (Å²) >= 11 is 0. The largest absolute Gasteiger partial charge is 0.493 e. The van der Waals surface area contributed by atoms with E-state index < -0.39 is 37.0 Å². The van der Waals surface area contributed by atoms with Gasteiger partial charge in [-0.25, -0.2) is 18.1 Å². The lowest BCUT2D eigenvalue weighted by Crippen LogP contribution is -2.59. The summed E-state index contributed by atoms with van der Waals surface area (Å²) in [6, 6.07) is 24.8. The van der Waals surface area contributed by atoms with Crippen molar-refractivity contribution in [2.45, 2.75) is 107 Å². The van der Waals surface area contributed by atoms with Crippen LogP contribution in [0.1, 0.15) is 97.8 Å². The number of aromatic amines is 1. The van der Waals surface area contributed by atoms with Gasteiger partial charge in [-0.1, -0.05) is 24.3 Å². The number of aryl methyl sites for hydroxylation is 1. The minimum Gasteiger partial charge on any atom is -0.493 e. The van der Waals surface area contributed by atoms with E-state index >= 15 is 0 Å².